The Morgan fingerprint density at radius 1 is 0.494 bits per heavy atom. The van der Waals surface area contributed by atoms with Gasteiger partial charge in [0.15, 0.2) is 34.5 Å². The largest absolute Gasteiger partial charge is 0.508 e. The van der Waals surface area contributed by atoms with Crippen molar-refractivity contribution in [3.63, 3.8) is 0 Å². The van der Waals surface area contributed by atoms with Gasteiger partial charge in [-0.15, -0.1) is 20.5 Å². The Morgan fingerprint density at radius 3 is 1.17 bits per heavy atom. The number of phenolic OH excluding ortho intramolecular Hbond substituents is 2. The molecular weight excluding hydrogens is 1060 g/mol. The Labute approximate surface area is 432 Å². The summed E-state index contributed by atoms with van der Waals surface area (Å²) in [5, 5.41) is 72.8. The van der Waals surface area contributed by atoms with Gasteiger partial charge in [-0.2, -0.15) is 16.8 Å². The first-order valence-corrected chi connectivity index (χ1v) is 24.1. The van der Waals surface area contributed by atoms with E-state index in [-0.39, 0.29) is 67.4 Å². The SMILES string of the molecule is COc1cc(N=Nc2c(S(=O)(=O)O)cc3cc(NC(=O)c4cc(O)cc(C(=O)Nc5ccc6c(O)c(N=Nc7cc(OC)c(OC)c(OC)c7C(=O)O)c(S(=O)(=O)O)cc6c5)n4)ccc3c2O)c(C(=O)O)c(OC)c1OC. The fraction of sp³-hybridized carbons (Fsp3) is 0.128. The number of hydrogen-bond donors (Lipinski definition) is 9. The van der Waals surface area contributed by atoms with E-state index in [0.29, 0.717) is 0 Å². The summed E-state index contributed by atoms with van der Waals surface area (Å²) < 4.78 is 102. The first-order chi connectivity index (χ1) is 36.4. The van der Waals surface area contributed by atoms with E-state index in [9.17, 15) is 70.7 Å². The number of aromatic nitrogens is 1. The van der Waals surface area contributed by atoms with Gasteiger partial charge in [-0.3, -0.25) is 18.7 Å². The van der Waals surface area contributed by atoms with Crippen molar-refractivity contribution in [3.8, 4) is 51.7 Å². The van der Waals surface area contributed by atoms with E-state index in [0.717, 1.165) is 50.6 Å². The second kappa shape index (κ2) is 21.5. The molecule has 0 bridgehead atoms. The van der Waals surface area contributed by atoms with Crippen LogP contribution in [0.15, 0.2) is 103 Å². The first kappa shape index (κ1) is 54.9. The van der Waals surface area contributed by atoms with Crippen molar-refractivity contribution >= 4 is 99.7 Å². The van der Waals surface area contributed by atoms with E-state index in [2.05, 4.69) is 36.1 Å². The highest BCUT2D eigenvalue weighted by atomic mass is 32.2. The van der Waals surface area contributed by atoms with Crippen molar-refractivity contribution in [2.45, 2.75) is 9.79 Å². The summed E-state index contributed by atoms with van der Waals surface area (Å²) in [6.07, 6.45) is 0. The highest BCUT2D eigenvalue weighted by molar-refractivity contribution is 7.86. The maximum Gasteiger partial charge on any atom is 0.341 e. The standard InChI is InChI=1S/C47H39N7O21S2/c1-70-30-17-26(34(46(60)61)42(74-5)40(30)72-3)51-53-36-32(76(64,65)66)13-19-11-21(7-9-24(19)38(36)56)48-44(58)28-15-23(55)16-29(50-28)45(59)49-22-8-10-25-20(12-22)14-33(77(67,68)69)37(39(25)57)54-52-27-18-31(71-2)41(73-4)43(75-6)35(27)47(62)63/h7-18,56-57H,1-6H3,(H,48,58)(H,49,59)(H,50,55)(H,60,61)(H,62,63)(H,64,65,66)(H,67,68,69). The molecule has 7 rings (SSSR count). The molecule has 0 radical (unpaired) electrons. The molecule has 1 aromatic heterocycles. The lowest BCUT2D eigenvalue weighted by atomic mass is 10.1. The van der Waals surface area contributed by atoms with Crippen LogP contribution in [0.1, 0.15) is 41.7 Å². The minimum atomic E-state index is -5.22. The Kier molecular flexibility index (Phi) is 15.3. The molecule has 9 N–H and O–H groups in total. The van der Waals surface area contributed by atoms with Crippen LogP contribution in [0.4, 0.5) is 34.1 Å². The lowest BCUT2D eigenvalue weighted by Gasteiger charge is -2.15. The van der Waals surface area contributed by atoms with Gasteiger partial charge in [0.2, 0.25) is 11.5 Å². The van der Waals surface area contributed by atoms with Gasteiger partial charge in [0.05, 0.1) is 42.7 Å². The van der Waals surface area contributed by atoms with E-state index in [4.69, 9.17) is 28.4 Å². The lowest BCUT2D eigenvalue weighted by molar-refractivity contribution is 0.0682. The van der Waals surface area contributed by atoms with Crippen molar-refractivity contribution < 1.29 is 99.1 Å². The average molecular weight is 1100 g/mol. The molecule has 77 heavy (non-hydrogen) atoms. The van der Waals surface area contributed by atoms with Gasteiger partial charge in [0, 0.05) is 46.4 Å². The molecule has 28 nitrogen and oxygen atoms in total. The fourth-order valence-electron chi connectivity index (χ4n) is 7.65. The summed E-state index contributed by atoms with van der Waals surface area (Å²) in [6, 6.07) is 13.0. The van der Waals surface area contributed by atoms with Crippen molar-refractivity contribution in [1.82, 2.24) is 4.98 Å². The van der Waals surface area contributed by atoms with Gasteiger partial charge < -0.3 is 64.6 Å². The van der Waals surface area contributed by atoms with E-state index < -0.39 is 116 Å². The van der Waals surface area contributed by atoms with Crippen LogP contribution in [0.25, 0.3) is 21.5 Å². The van der Waals surface area contributed by atoms with Gasteiger partial charge in [-0.1, -0.05) is 0 Å². The minimum Gasteiger partial charge on any atom is -0.508 e. The van der Waals surface area contributed by atoms with Crippen LogP contribution in [-0.4, -0.2) is 123 Å². The van der Waals surface area contributed by atoms with Gasteiger partial charge in [0.25, 0.3) is 32.1 Å². The number of methoxy groups -OCH3 is 6. The Balaban J connectivity index is 1.16. The molecule has 1 heterocycles. The fourth-order valence-corrected chi connectivity index (χ4v) is 8.97. The number of phenols is 2. The van der Waals surface area contributed by atoms with Gasteiger partial charge in [0.1, 0.15) is 60.8 Å². The maximum absolute atomic E-state index is 13.5. The zero-order valence-corrected chi connectivity index (χ0v) is 42.0. The van der Waals surface area contributed by atoms with Crippen LogP contribution >= 0.6 is 0 Å². The maximum atomic E-state index is 13.5. The quantitative estimate of drug-likeness (QED) is 0.0292. The molecule has 0 fully saturated rings. The number of carbonyl (C=O) groups is 4. The molecule has 6 aromatic carbocycles. The number of anilines is 2. The number of carboxylic acid groups (broad SMARTS) is 2. The number of aromatic carboxylic acids is 2. The summed E-state index contributed by atoms with van der Waals surface area (Å²) in [7, 11) is -3.24. The van der Waals surface area contributed by atoms with Crippen molar-refractivity contribution in [2.24, 2.45) is 20.5 Å². The van der Waals surface area contributed by atoms with Gasteiger partial charge >= 0.3 is 11.9 Å². The molecule has 30 heteroatoms. The molecule has 0 aliphatic carbocycles. The lowest BCUT2D eigenvalue weighted by Crippen LogP contribution is -2.18. The molecule has 0 saturated heterocycles. The molecule has 0 aliphatic rings. The average Bonchev–Trinajstić information content (AvgIpc) is 3.39. The number of azo groups is 2. The van der Waals surface area contributed by atoms with Crippen molar-refractivity contribution in [3.05, 3.63) is 95.3 Å². The molecule has 0 saturated carbocycles. The zero-order chi connectivity index (χ0) is 56.4. The number of rotatable bonds is 18. The Morgan fingerprint density at radius 2 is 0.857 bits per heavy atom. The molecule has 2 amide bonds. The molecule has 0 spiro atoms. The monoisotopic (exact) mass is 1100 g/mol. The highest BCUT2D eigenvalue weighted by Gasteiger charge is 2.30. The van der Waals surface area contributed by atoms with Crippen LogP contribution in [0, 0.1) is 0 Å². The third-order valence-corrected chi connectivity index (χ3v) is 12.7. The summed E-state index contributed by atoms with van der Waals surface area (Å²) in [5.74, 6) is -8.54. The molecule has 400 valence electrons. The van der Waals surface area contributed by atoms with Crippen molar-refractivity contribution in [1.29, 1.82) is 0 Å². The van der Waals surface area contributed by atoms with Crippen LogP contribution in [-0.2, 0) is 20.2 Å². The third-order valence-electron chi connectivity index (χ3n) is 11.0. The van der Waals surface area contributed by atoms with E-state index in [1.165, 1.54) is 64.8 Å². The zero-order valence-electron chi connectivity index (χ0n) is 40.3. The number of ether oxygens (including phenoxy) is 6. The van der Waals surface area contributed by atoms with Crippen molar-refractivity contribution in [2.75, 3.05) is 53.3 Å². The summed E-state index contributed by atoms with van der Waals surface area (Å²) in [4.78, 5) is 53.7. The number of hydrogen-bond acceptors (Lipinski definition) is 22. The van der Waals surface area contributed by atoms with E-state index >= 15 is 0 Å². The van der Waals surface area contributed by atoms with Gasteiger partial charge in [-0.05, 0) is 59.3 Å². The Hall–Kier alpha value is -9.91. The molecular formula is C47H39N7O21S2. The second-order valence-electron chi connectivity index (χ2n) is 15.6. The number of carbonyl (C=O) groups excluding carboxylic acids is 2. The van der Waals surface area contributed by atoms with E-state index in [1.807, 2.05) is 0 Å². The topological polar surface area (TPSA) is 420 Å². The van der Waals surface area contributed by atoms with Crippen LogP contribution in [0.3, 0.4) is 0 Å². The molecule has 0 aliphatic heterocycles. The molecule has 7 aromatic rings. The summed E-state index contributed by atoms with van der Waals surface area (Å²) >= 11 is 0. The summed E-state index contributed by atoms with van der Waals surface area (Å²) in [6.45, 7) is 0. The minimum absolute atomic E-state index is 0.0580. The number of nitrogens with zero attached hydrogens (tertiary/aromatic N) is 5. The van der Waals surface area contributed by atoms with E-state index in [1.54, 1.807) is 0 Å². The van der Waals surface area contributed by atoms with Gasteiger partial charge in [-0.25, -0.2) is 14.6 Å². The number of pyridine rings is 1. The Bertz CT molecular complexity index is 3690. The smallest absolute Gasteiger partial charge is 0.341 e. The first-order valence-electron chi connectivity index (χ1n) is 21.2. The van der Waals surface area contributed by atoms with Crippen LogP contribution < -0.4 is 39.1 Å². The normalized spacial score (nSPS) is 11.7. The second-order valence-corrected chi connectivity index (χ2v) is 18.3. The predicted molar refractivity (Wildman–Crippen MR) is 267 cm³/mol. The van der Waals surface area contributed by atoms with Crippen LogP contribution in [0.5, 0.6) is 51.7 Å². The number of amides is 2. The number of fused-ring (bicyclic) bond motifs is 2. The number of carboxylic acids is 2. The number of aromatic hydroxyl groups is 3. The molecule has 0 unspecified atom stereocenters. The van der Waals surface area contributed by atoms with Crippen LogP contribution in [0.2, 0.25) is 0 Å². The predicted octanol–water partition coefficient (Wildman–Crippen LogP) is 7.78. The number of nitrogens with one attached hydrogen (secondary N) is 2. The molecule has 0 atom stereocenters. The highest BCUT2D eigenvalue weighted by Crippen LogP contribution is 2.49. The third kappa shape index (κ3) is 10.9. The number of benzene rings is 6. The summed E-state index contributed by atoms with van der Waals surface area (Å²) in [5.41, 5.74) is -4.90.